The Bertz CT molecular complexity index is 392. The van der Waals surface area contributed by atoms with Gasteiger partial charge >= 0.3 is 0 Å². The number of benzene rings is 1. The second kappa shape index (κ2) is 6.09. The molecular weight excluding hydrogens is 212 g/mol. The van der Waals surface area contributed by atoms with Gasteiger partial charge in [-0.05, 0) is 37.1 Å². The number of carbonyl (C=O) groups excluding carboxylic acids is 1. The maximum Gasteiger partial charge on any atom is 0.239 e. The molecule has 1 N–H and O–H groups in total. The zero-order chi connectivity index (χ0) is 12.8. The van der Waals surface area contributed by atoms with E-state index in [4.69, 9.17) is 0 Å². The molecule has 3 heteroatoms. The molecular formula is C14H20N2O. The van der Waals surface area contributed by atoms with Crippen molar-refractivity contribution in [2.75, 3.05) is 25.0 Å². The average molecular weight is 232 g/mol. The number of likely N-dealkylation sites (N-methyl/N-ethyl adjacent to an activating group) is 1. The summed E-state index contributed by atoms with van der Waals surface area (Å²) < 4.78 is 0. The summed E-state index contributed by atoms with van der Waals surface area (Å²) in [6.07, 6.45) is 1.68. The molecule has 3 nitrogen and oxygen atoms in total. The highest BCUT2D eigenvalue weighted by molar-refractivity contribution is 5.81. The first-order valence-electron chi connectivity index (χ1n) is 5.70. The Morgan fingerprint density at radius 1 is 1.35 bits per heavy atom. The van der Waals surface area contributed by atoms with E-state index in [0.29, 0.717) is 13.1 Å². The second-order valence-electron chi connectivity index (χ2n) is 4.29. The quantitative estimate of drug-likeness (QED) is 0.788. The van der Waals surface area contributed by atoms with Gasteiger partial charge in [-0.25, -0.2) is 0 Å². The highest BCUT2D eigenvalue weighted by Crippen LogP contribution is 2.16. The molecule has 1 aromatic rings. The molecule has 0 spiro atoms. The number of hydrogen-bond donors (Lipinski definition) is 1. The number of carbonyl (C=O) groups is 1. The molecule has 0 atom stereocenters. The molecule has 0 aliphatic heterocycles. The van der Waals surface area contributed by atoms with E-state index in [0.717, 1.165) is 5.69 Å². The van der Waals surface area contributed by atoms with Gasteiger partial charge in [-0.3, -0.25) is 4.79 Å². The molecule has 0 aromatic heterocycles. The van der Waals surface area contributed by atoms with Gasteiger partial charge in [-0.2, -0.15) is 0 Å². The summed E-state index contributed by atoms with van der Waals surface area (Å²) in [5.41, 5.74) is 3.48. The van der Waals surface area contributed by atoms with Crippen LogP contribution in [0.15, 0.2) is 30.9 Å². The first-order valence-corrected chi connectivity index (χ1v) is 5.70. The fraction of sp³-hybridized carbons (Fsp3) is 0.357. The predicted molar refractivity (Wildman–Crippen MR) is 72.4 cm³/mol. The van der Waals surface area contributed by atoms with Gasteiger partial charge in [0.1, 0.15) is 0 Å². The number of amides is 1. The molecule has 0 bridgehead atoms. The predicted octanol–water partition coefficient (Wildman–Crippen LogP) is 2.04. The molecule has 1 rings (SSSR count). The van der Waals surface area contributed by atoms with Gasteiger partial charge in [0.2, 0.25) is 5.91 Å². The minimum Gasteiger partial charge on any atom is -0.365 e. The lowest BCUT2D eigenvalue weighted by atomic mass is 10.1. The Balaban J connectivity index is 2.65. The lowest BCUT2D eigenvalue weighted by molar-refractivity contribution is -0.119. The van der Waals surface area contributed by atoms with Gasteiger partial charge in [0.15, 0.2) is 0 Å². The fourth-order valence-electron chi connectivity index (χ4n) is 1.72. The van der Waals surface area contributed by atoms with Crippen LogP contribution in [0.1, 0.15) is 11.1 Å². The van der Waals surface area contributed by atoms with Crippen LogP contribution in [0, 0.1) is 13.8 Å². The maximum atomic E-state index is 11.6. The van der Waals surface area contributed by atoms with E-state index < -0.39 is 0 Å². The van der Waals surface area contributed by atoms with E-state index in [1.165, 1.54) is 11.1 Å². The van der Waals surface area contributed by atoms with Crippen molar-refractivity contribution >= 4 is 11.6 Å². The standard InChI is InChI=1S/C14H20N2O/c1-5-6-15-14(17)10-16(4)13-8-11(2)7-12(3)9-13/h5,7-9H,1,6,10H2,2-4H3,(H,15,17). The third-order valence-corrected chi connectivity index (χ3v) is 2.47. The molecule has 0 fully saturated rings. The number of rotatable bonds is 5. The van der Waals surface area contributed by atoms with Crippen molar-refractivity contribution in [3.63, 3.8) is 0 Å². The summed E-state index contributed by atoms with van der Waals surface area (Å²) in [5, 5.41) is 2.76. The Kier molecular flexibility index (Phi) is 4.76. The summed E-state index contributed by atoms with van der Waals surface area (Å²) in [5.74, 6) is 0.00607. The molecule has 92 valence electrons. The average Bonchev–Trinajstić information content (AvgIpc) is 2.25. The van der Waals surface area contributed by atoms with E-state index in [1.54, 1.807) is 6.08 Å². The normalized spacial score (nSPS) is 9.82. The van der Waals surface area contributed by atoms with E-state index in [1.807, 2.05) is 11.9 Å². The van der Waals surface area contributed by atoms with Gasteiger partial charge in [0.25, 0.3) is 0 Å². The van der Waals surface area contributed by atoms with Crippen LogP contribution in [0.3, 0.4) is 0 Å². The third-order valence-electron chi connectivity index (χ3n) is 2.47. The Hall–Kier alpha value is -1.77. The minimum atomic E-state index is 0.00607. The molecule has 17 heavy (non-hydrogen) atoms. The minimum absolute atomic E-state index is 0.00607. The summed E-state index contributed by atoms with van der Waals surface area (Å²) in [7, 11) is 1.92. The summed E-state index contributed by atoms with van der Waals surface area (Å²) in [6, 6.07) is 6.27. The number of anilines is 1. The van der Waals surface area contributed by atoms with Crippen molar-refractivity contribution in [1.82, 2.24) is 5.32 Å². The molecule has 0 saturated carbocycles. The van der Waals surface area contributed by atoms with E-state index in [2.05, 4.69) is 43.9 Å². The molecule has 0 radical (unpaired) electrons. The van der Waals surface area contributed by atoms with Gasteiger partial charge in [0, 0.05) is 19.3 Å². The molecule has 0 unspecified atom stereocenters. The zero-order valence-corrected chi connectivity index (χ0v) is 10.8. The largest absolute Gasteiger partial charge is 0.365 e. The number of hydrogen-bond acceptors (Lipinski definition) is 2. The smallest absolute Gasteiger partial charge is 0.239 e. The number of nitrogens with zero attached hydrogens (tertiary/aromatic N) is 1. The van der Waals surface area contributed by atoms with Crippen LogP contribution < -0.4 is 10.2 Å². The first-order chi connectivity index (χ1) is 8.02. The van der Waals surface area contributed by atoms with E-state index >= 15 is 0 Å². The lowest BCUT2D eigenvalue weighted by Crippen LogP contribution is -2.35. The molecule has 0 saturated heterocycles. The summed E-state index contributed by atoms with van der Waals surface area (Å²) in [6.45, 7) is 8.55. The third kappa shape index (κ3) is 4.31. The van der Waals surface area contributed by atoms with Crippen LogP contribution in [-0.4, -0.2) is 26.0 Å². The highest BCUT2D eigenvalue weighted by Gasteiger charge is 2.07. The maximum absolute atomic E-state index is 11.6. The van der Waals surface area contributed by atoms with Crippen LogP contribution in [0.2, 0.25) is 0 Å². The van der Waals surface area contributed by atoms with Gasteiger partial charge in [-0.1, -0.05) is 12.1 Å². The van der Waals surface area contributed by atoms with Crippen molar-refractivity contribution in [3.05, 3.63) is 42.0 Å². The summed E-state index contributed by atoms with van der Waals surface area (Å²) in [4.78, 5) is 13.5. The Labute approximate surface area is 103 Å². The fourth-order valence-corrected chi connectivity index (χ4v) is 1.72. The summed E-state index contributed by atoms with van der Waals surface area (Å²) >= 11 is 0. The topological polar surface area (TPSA) is 32.3 Å². The zero-order valence-electron chi connectivity index (χ0n) is 10.8. The van der Waals surface area contributed by atoms with Crippen molar-refractivity contribution in [2.45, 2.75) is 13.8 Å². The Morgan fingerprint density at radius 2 is 1.94 bits per heavy atom. The Morgan fingerprint density at radius 3 is 2.47 bits per heavy atom. The van der Waals surface area contributed by atoms with Crippen LogP contribution in [0.4, 0.5) is 5.69 Å². The van der Waals surface area contributed by atoms with E-state index in [9.17, 15) is 4.79 Å². The van der Waals surface area contributed by atoms with Crippen molar-refractivity contribution < 1.29 is 4.79 Å². The number of aryl methyl sites for hydroxylation is 2. The second-order valence-corrected chi connectivity index (χ2v) is 4.29. The molecule has 1 aromatic carbocycles. The van der Waals surface area contributed by atoms with Crippen molar-refractivity contribution in [1.29, 1.82) is 0 Å². The molecule has 0 heterocycles. The highest BCUT2D eigenvalue weighted by atomic mass is 16.2. The van der Waals surface area contributed by atoms with Crippen LogP contribution in [0.5, 0.6) is 0 Å². The van der Waals surface area contributed by atoms with Crippen LogP contribution in [0.25, 0.3) is 0 Å². The van der Waals surface area contributed by atoms with Gasteiger partial charge < -0.3 is 10.2 Å². The molecule has 0 aliphatic carbocycles. The van der Waals surface area contributed by atoms with Crippen molar-refractivity contribution in [3.8, 4) is 0 Å². The van der Waals surface area contributed by atoms with Crippen LogP contribution >= 0.6 is 0 Å². The first kappa shape index (κ1) is 13.3. The number of nitrogens with one attached hydrogen (secondary N) is 1. The van der Waals surface area contributed by atoms with Gasteiger partial charge in [-0.15, -0.1) is 6.58 Å². The van der Waals surface area contributed by atoms with Crippen LogP contribution in [-0.2, 0) is 4.79 Å². The molecule has 1 amide bonds. The lowest BCUT2D eigenvalue weighted by Gasteiger charge is -2.19. The molecule has 0 aliphatic rings. The van der Waals surface area contributed by atoms with Gasteiger partial charge in [0.05, 0.1) is 6.54 Å². The monoisotopic (exact) mass is 232 g/mol. The van der Waals surface area contributed by atoms with E-state index in [-0.39, 0.29) is 5.91 Å². The SMILES string of the molecule is C=CCNC(=O)CN(C)c1cc(C)cc(C)c1. The van der Waals surface area contributed by atoms with Crippen molar-refractivity contribution in [2.24, 2.45) is 0 Å².